The summed E-state index contributed by atoms with van der Waals surface area (Å²) in [4.78, 5) is 7.07. The fourth-order valence-electron chi connectivity index (χ4n) is 2.83. The summed E-state index contributed by atoms with van der Waals surface area (Å²) in [5.74, 6) is 0.465. The number of aromatic nitrogens is 1. The molecular weight excluding hydrogens is 256 g/mol. The molecule has 0 atom stereocenters. The van der Waals surface area contributed by atoms with Crippen molar-refractivity contribution < 1.29 is 0 Å². The molecule has 0 radical (unpaired) electrons. The van der Waals surface area contributed by atoms with Crippen LogP contribution in [-0.2, 0) is 6.42 Å². The molecule has 0 saturated heterocycles. The average Bonchev–Trinajstić information content (AvgIpc) is 2.49. The highest BCUT2D eigenvalue weighted by molar-refractivity contribution is 5.88. The fraction of sp³-hybridized carbons (Fsp3) is 0.526. The third-order valence-electron chi connectivity index (χ3n) is 4.11. The lowest BCUT2D eigenvalue weighted by molar-refractivity contribution is 0.332. The minimum Gasteiger partial charge on any atom is -0.306 e. The predicted molar refractivity (Wildman–Crippen MR) is 91.9 cm³/mol. The number of unbranched alkanes of at least 4 members (excludes halogenated alkanes) is 1. The Morgan fingerprint density at radius 1 is 1.14 bits per heavy atom. The van der Waals surface area contributed by atoms with Gasteiger partial charge in [-0.3, -0.25) is 4.98 Å². The monoisotopic (exact) mass is 284 g/mol. The lowest BCUT2D eigenvalue weighted by atomic mass is 9.96. The van der Waals surface area contributed by atoms with Crippen LogP contribution in [0.5, 0.6) is 0 Å². The summed E-state index contributed by atoms with van der Waals surface area (Å²) < 4.78 is 0. The summed E-state index contributed by atoms with van der Waals surface area (Å²) in [6.45, 7) is 9.01. The molecule has 2 rings (SSSR count). The Bertz CT molecular complexity index is 570. The van der Waals surface area contributed by atoms with Gasteiger partial charge in [0.05, 0.1) is 5.69 Å². The van der Waals surface area contributed by atoms with Crippen molar-refractivity contribution in [2.75, 3.05) is 20.1 Å². The number of hydrogen-bond acceptors (Lipinski definition) is 2. The van der Waals surface area contributed by atoms with Gasteiger partial charge in [-0.25, -0.2) is 0 Å². The van der Waals surface area contributed by atoms with E-state index in [1.165, 1.54) is 41.4 Å². The van der Waals surface area contributed by atoms with E-state index < -0.39 is 0 Å². The van der Waals surface area contributed by atoms with Gasteiger partial charge in [0, 0.05) is 18.1 Å². The standard InChI is InChI=1S/C19H28N2/c1-5-6-13-21(4)14-11-17-9-7-8-16-10-12-20-19(15(2)3)18(16)17/h7-10,12,15H,5-6,11,13-14H2,1-4H3. The second kappa shape index (κ2) is 7.56. The Labute approximate surface area is 129 Å². The highest BCUT2D eigenvalue weighted by Crippen LogP contribution is 2.27. The Kier molecular flexibility index (Phi) is 5.75. The van der Waals surface area contributed by atoms with Gasteiger partial charge in [-0.2, -0.15) is 0 Å². The highest BCUT2D eigenvalue weighted by atomic mass is 15.1. The van der Waals surface area contributed by atoms with Crippen molar-refractivity contribution in [3.63, 3.8) is 0 Å². The number of rotatable bonds is 7. The first-order valence-electron chi connectivity index (χ1n) is 8.18. The second-order valence-corrected chi connectivity index (χ2v) is 6.27. The van der Waals surface area contributed by atoms with E-state index in [1.807, 2.05) is 6.20 Å². The summed E-state index contributed by atoms with van der Waals surface area (Å²) in [5, 5.41) is 2.70. The zero-order valence-electron chi connectivity index (χ0n) is 13.9. The summed E-state index contributed by atoms with van der Waals surface area (Å²) in [6, 6.07) is 8.77. The first kappa shape index (κ1) is 16.0. The number of nitrogens with zero attached hydrogens (tertiary/aromatic N) is 2. The number of hydrogen-bond donors (Lipinski definition) is 0. The van der Waals surface area contributed by atoms with Crippen molar-refractivity contribution in [2.24, 2.45) is 0 Å². The fourth-order valence-corrected chi connectivity index (χ4v) is 2.83. The minimum absolute atomic E-state index is 0.465. The summed E-state index contributed by atoms with van der Waals surface area (Å²) in [5.41, 5.74) is 2.67. The first-order valence-corrected chi connectivity index (χ1v) is 8.18. The lowest BCUT2D eigenvalue weighted by Gasteiger charge is -2.18. The number of benzene rings is 1. The Balaban J connectivity index is 2.23. The van der Waals surface area contributed by atoms with Crippen molar-refractivity contribution in [3.8, 4) is 0 Å². The molecule has 0 fully saturated rings. The first-order chi connectivity index (χ1) is 10.1. The van der Waals surface area contributed by atoms with Crippen LogP contribution in [0.15, 0.2) is 30.5 Å². The molecule has 0 aliphatic rings. The maximum absolute atomic E-state index is 4.63. The third-order valence-corrected chi connectivity index (χ3v) is 4.11. The van der Waals surface area contributed by atoms with E-state index >= 15 is 0 Å². The van der Waals surface area contributed by atoms with Crippen LogP contribution in [0.4, 0.5) is 0 Å². The molecule has 21 heavy (non-hydrogen) atoms. The van der Waals surface area contributed by atoms with E-state index in [0.717, 1.165) is 13.0 Å². The quantitative estimate of drug-likeness (QED) is 0.736. The molecule has 0 saturated carbocycles. The summed E-state index contributed by atoms with van der Waals surface area (Å²) in [7, 11) is 2.22. The predicted octanol–water partition coefficient (Wildman–Crippen LogP) is 4.63. The van der Waals surface area contributed by atoms with E-state index in [0.29, 0.717) is 5.92 Å². The molecule has 2 heteroatoms. The number of fused-ring (bicyclic) bond motifs is 1. The largest absolute Gasteiger partial charge is 0.306 e. The SMILES string of the molecule is CCCCN(C)CCc1cccc2ccnc(C(C)C)c12. The van der Waals surface area contributed by atoms with Gasteiger partial charge in [0.2, 0.25) is 0 Å². The van der Waals surface area contributed by atoms with Crippen LogP contribution in [0.3, 0.4) is 0 Å². The Morgan fingerprint density at radius 2 is 1.95 bits per heavy atom. The van der Waals surface area contributed by atoms with E-state index in [1.54, 1.807) is 0 Å². The molecule has 0 bridgehead atoms. The molecular formula is C19H28N2. The van der Waals surface area contributed by atoms with Gasteiger partial charge in [0.25, 0.3) is 0 Å². The van der Waals surface area contributed by atoms with Gasteiger partial charge in [-0.15, -0.1) is 0 Å². The van der Waals surface area contributed by atoms with E-state index in [9.17, 15) is 0 Å². The molecule has 114 valence electrons. The minimum atomic E-state index is 0.465. The van der Waals surface area contributed by atoms with Crippen molar-refractivity contribution in [1.82, 2.24) is 9.88 Å². The van der Waals surface area contributed by atoms with Gasteiger partial charge in [-0.05, 0) is 49.4 Å². The normalized spacial score (nSPS) is 11.7. The Morgan fingerprint density at radius 3 is 2.67 bits per heavy atom. The van der Waals surface area contributed by atoms with Gasteiger partial charge in [0.15, 0.2) is 0 Å². The van der Waals surface area contributed by atoms with Gasteiger partial charge in [-0.1, -0.05) is 45.4 Å². The van der Waals surface area contributed by atoms with Gasteiger partial charge >= 0.3 is 0 Å². The maximum Gasteiger partial charge on any atom is 0.0510 e. The van der Waals surface area contributed by atoms with Gasteiger partial charge < -0.3 is 4.90 Å². The molecule has 2 nitrogen and oxygen atoms in total. The van der Waals surface area contributed by atoms with Crippen LogP contribution in [0.25, 0.3) is 10.8 Å². The van der Waals surface area contributed by atoms with Crippen molar-refractivity contribution in [3.05, 3.63) is 41.7 Å². The molecule has 2 aromatic rings. The van der Waals surface area contributed by atoms with Crippen LogP contribution in [0.2, 0.25) is 0 Å². The molecule has 0 aliphatic carbocycles. The van der Waals surface area contributed by atoms with Crippen molar-refractivity contribution in [1.29, 1.82) is 0 Å². The highest BCUT2D eigenvalue weighted by Gasteiger charge is 2.11. The lowest BCUT2D eigenvalue weighted by Crippen LogP contribution is -2.22. The average molecular weight is 284 g/mol. The molecule has 1 heterocycles. The van der Waals surface area contributed by atoms with Crippen LogP contribution in [0, 0.1) is 0 Å². The molecule has 1 aromatic carbocycles. The molecule has 1 aromatic heterocycles. The molecule has 0 N–H and O–H groups in total. The molecule has 0 aliphatic heterocycles. The topological polar surface area (TPSA) is 16.1 Å². The van der Waals surface area contributed by atoms with Crippen LogP contribution >= 0.6 is 0 Å². The number of likely N-dealkylation sites (N-methyl/N-ethyl adjacent to an activating group) is 1. The van der Waals surface area contributed by atoms with Crippen molar-refractivity contribution >= 4 is 10.8 Å². The zero-order chi connectivity index (χ0) is 15.2. The van der Waals surface area contributed by atoms with Crippen LogP contribution in [0.1, 0.15) is 50.8 Å². The van der Waals surface area contributed by atoms with E-state index in [4.69, 9.17) is 0 Å². The molecule has 0 unspecified atom stereocenters. The maximum atomic E-state index is 4.63. The van der Waals surface area contributed by atoms with Crippen molar-refractivity contribution in [2.45, 2.75) is 46.0 Å². The smallest absolute Gasteiger partial charge is 0.0510 e. The summed E-state index contributed by atoms with van der Waals surface area (Å²) in [6.07, 6.45) is 5.59. The van der Waals surface area contributed by atoms with Gasteiger partial charge in [0.1, 0.15) is 0 Å². The molecule has 0 amide bonds. The zero-order valence-corrected chi connectivity index (χ0v) is 13.9. The third kappa shape index (κ3) is 4.04. The van der Waals surface area contributed by atoms with Crippen LogP contribution in [-0.4, -0.2) is 30.0 Å². The second-order valence-electron chi connectivity index (χ2n) is 6.27. The molecule has 0 spiro atoms. The number of pyridine rings is 1. The van der Waals surface area contributed by atoms with Crippen LogP contribution < -0.4 is 0 Å². The Hall–Kier alpha value is -1.41. The summed E-state index contributed by atoms with van der Waals surface area (Å²) >= 11 is 0. The van der Waals surface area contributed by atoms with E-state index in [-0.39, 0.29) is 0 Å². The van der Waals surface area contributed by atoms with E-state index in [2.05, 4.69) is 62.0 Å².